The van der Waals surface area contributed by atoms with E-state index in [0.29, 0.717) is 24.7 Å². The summed E-state index contributed by atoms with van der Waals surface area (Å²) in [7, 11) is 0. The highest BCUT2D eigenvalue weighted by Gasteiger charge is 2.21. The predicted molar refractivity (Wildman–Crippen MR) is 70.7 cm³/mol. The second kappa shape index (κ2) is 5.48. The highest BCUT2D eigenvalue weighted by Crippen LogP contribution is 2.38. The zero-order valence-corrected chi connectivity index (χ0v) is 11.2. The van der Waals surface area contributed by atoms with Gasteiger partial charge >= 0.3 is 5.97 Å². The number of fused-ring (bicyclic) bond motifs is 1. The third-order valence-corrected chi connectivity index (χ3v) is 3.16. The van der Waals surface area contributed by atoms with E-state index in [1.54, 1.807) is 0 Å². The number of benzene rings is 1. The maximum atomic E-state index is 10.8. The van der Waals surface area contributed by atoms with Crippen molar-refractivity contribution in [1.82, 2.24) is 0 Å². The van der Waals surface area contributed by atoms with Crippen LogP contribution in [0.15, 0.2) is 12.1 Å². The van der Waals surface area contributed by atoms with E-state index < -0.39 is 12.0 Å². The van der Waals surface area contributed by atoms with Crippen LogP contribution >= 0.6 is 0 Å². The summed E-state index contributed by atoms with van der Waals surface area (Å²) in [5.41, 5.74) is 7.82. The van der Waals surface area contributed by atoms with E-state index in [9.17, 15) is 4.79 Å². The van der Waals surface area contributed by atoms with E-state index in [4.69, 9.17) is 20.3 Å². The van der Waals surface area contributed by atoms with Crippen LogP contribution in [0.5, 0.6) is 11.5 Å². The largest absolute Gasteiger partial charge is 0.486 e. The van der Waals surface area contributed by atoms with Gasteiger partial charge in [-0.3, -0.25) is 4.79 Å². The molecule has 5 nitrogen and oxygen atoms in total. The van der Waals surface area contributed by atoms with Gasteiger partial charge in [0.15, 0.2) is 11.5 Å². The Kier molecular flexibility index (Phi) is 3.95. The SMILES string of the molecule is CC(C)c1cc2c(cc1C(N)CC(=O)O)OCCO2. The first kappa shape index (κ1) is 13.7. The van der Waals surface area contributed by atoms with E-state index in [0.717, 1.165) is 11.1 Å². The van der Waals surface area contributed by atoms with Crippen LogP contribution in [0.2, 0.25) is 0 Å². The smallest absolute Gasteiger partial charge is 0.305 e. The van der Waals surface area contributed by atoms with Crippen molar-refractivity contribution in [3.8, 4) is 11.5 Å². The fourth-order valence-corrected chi connectivity index (χ4v) is 2.24. The molecule has 2 rings (SSSR count). The van der Waals surface area contributed by atoms with Crippen molar-refractivity contribution in [3.63, 3.8) is 0 Å². The van der Waals surface area contributed by atoms with Gasteiger partial charge in [0.05, 0.1) is 6.42 Å². The van der Waals surface area contributed by atoms with Gasteiger partial charge in [0.25, 0.3) is 0 Å². The number of ether oxygens (including phenoxy) is 2. The molecule has 0 spiro atoms. The standard InChI is InChI=1S/C14H19NO4/c1-8(2)9-5-12-13(19-4-3-18-12)6-10(9)11(15)7-14(16)17/h5-6,8,11H,3-4,7,15H2,1-2H3,(H,16,17). The molecule has 0 radical (unpaired) electrons. The van der Waals surface area contributed by atoms with Crippen molar-refractivity contribution < 1.29 is 19.4 Å². The van der Waals surface area contributed by atoms with E-state index in [-0.39, 0.29) is 12.3 Å². The van der Waals surface area contributed by atoms with Crippen molar-refractivity contribution in [2.75, 3.05) is 13.2 Å². The molecule has 0 aromatic heterocycles. The zero-order valence-electron chi connectivity index (χ0n) is 11.2. The molecule has 1 aromatic rings. The lowest BCUT2D eigenvalue weighted by atomic mass is 9.91. The Hall–Kier alpha value is -1.75. The molecule has 0 bridgehead atoms. The van der Waals surface area contributed by atoms with Crippen molar-refractivity contribution in [2.45, 2.75) is 32.2 Å². The fraction of sp³-hybridized carbons (Fsp3) is 0.500. The zero-order chi connectivity index (χ0) is 14.0. The maximum Gasteiger partial charge on any atom is 0.305 e. The lowest BCUT2D eigenvalue weighted by molar-refractivity contribution is -0.137. The first-order valence-corrected chi connectivity index (χ1v) is 6.40. The van der Waals surface area contributed by atoms with Crippen LogP contribution in [0.3, 0.4) is 0 Å². The van der Waals surface area contributed by atoms with Crippen LogP contribution in [0, 0.1) is 0 Å². The minimum atomic E-state index is -0.905. The van der Waals surface area contributed by atoms with Crippen LogP contribution in [0.4, 0.5) is 0 Å². The number of aliphatic carboxylic acids is 1. The second-order valence-corrected chi connectivity index (χ2v) is 4.98. The maximum absolute atomic E-state index is 10.8. The number of carboxylic acid groups (broad SMARTS) is 1. The van der Waals surface area contributed by atoms with Crippen molar-refractivity contribution >= 4 is 5.97 Å². The third-order valence-electron chi connectivity index (χ3n) is 3.16. The predicted octanol–water partition coefficient (Wildman–Crippen LogP) is 2.06. The van der Waals surface area contributed by atoms with E-state index >= 15 is 0 Å². The van der Waals surface area contributed by atoms with Gasteiger partial charge in [-0.2, -0.15) is 0 Å². The fourth-order valence-electron chi connectivity index (χ4n) is 2.24. The highest BCUT2D eigenvalue weighted by molar-refractivity contribution is 5.68. The summed E-state index contributed by atoms with van der Waals surface area (Å²) in [5.74, 6) is 0.690. The lowest BCUT2D eigenvalue weighted by Crippen LogP contribution is -2.20. The second-order valence-electron chi connectivity index (χ2n) is 4.98. The molecule has 0 saturated carbocycles. The Morgan fingerprint density at radius 2 is 1.79 bits per heavy atom. The van der Waals surface area contributed by atoms with Gasteiger partial charge < -0.3 is 20.3 Å². The summed E-state index contributed by atoms with van der Waals surface area (Å²) in [6, 6.07) is 3.19. The van der Waals surface area contributed by atoms with Gasteiger partial charge in [0.2, 0.25) is 0 Å². The molecule has 5 heteroatoms. The molecule has 1 atom stereocenters. The summed E-state index contributed by atoms with van der Waals surface area (Å²) in [5, 5.41) is 8.88. The Bertz CT molecular complexity index is 485. The van der Waals surface area contributed by atoms with Gasteiger partial charge in [0.1, 0.15) is 13.2 Å². The number of rotatable bonds is 4. The summed E-state index contributed by atoms with van der Waals surface area (Å²) in [4.78, 5) is 10.8. The van der Waals surface area contributed by atoms with Crippen LogP contribution in [-0.2, 0) is 4.79 Å². The Morgan fingerprint density at radius 3 is 2.26 bits per heavy atom. The lowest BCUT2D eigenvalue weighted by Gasteiger charge is -2.24. The average molecular weight is 265 g/mol. The van der Waals surface area contributed by atoms with Gasteiger partial charge in [-0.05, 0) is 29.2 Å². The number of carboxylic acids is 1. The molecule has 1 heterocycles. The Balaban J connectivity index is 2.42. The molecule has 1 aromatic carbocycles. The summed E-state index contributed by atoms with van der Waals surface area (Å²) in [6.45, 7) is 5.12. The molecule has 1 aliphatic heterocycles. The molecule has 3 N–H and O–H groups in total. The summed E-state index contributed by atoms with van der Waals surface area (Å²) < 4.78 is 11.1. The van der Waals surface area contributed by atoms with Crippen molar-refractivity contribution in [1.29, 1.82) is 0 Å². The van der Waals surface area contributed by atoms with Crippen LogP contribution in [-0.4, -0.2) is 24.3 Å². The highest BCUT2D eigenvalue weighted by atomic mass is 16.6. The minimum Gasteiger partial charge on any atom is -0.486 e. The Morgan fingerprint density at radius 1 is 1.26 bits per heavy atom. The number of carbonyl (C=O) groups is 1. The molecular weight excluding hydrogens is 246 g/mol. The monoisotopic (exact) mass is 265 g/mol. The van der Waals surface area contributed by atoms with Crippen molar-refractivity contribution in [3.05, 3.63) is 23.3 Å². The number of nitrogens with two attached hydrogens (primary N) is 1. The first-order chi connectivity index (χ1) is 8.99. The van der Waals surface area contributed by atoms with Gasteiger partial charge in [-0.25, -0.2) is 0 Å². The van der Waals surface area contributed by atoms with Gasteiger partial charge in [-0.1, -0.05) is 13.8 Å². The van der Waals surface area contributed by atoms with E-state index in [1.807, 2.05) is 26.0 Å². The molecule has 19 heavy (non-hydrogen) atoms. The molecule has 0 saturated heterocycles. The number of hydrogen-bond acceptors (Lipinski definition) is 4. The molecule has 1 unspecified atom stereocenters. The molecule has 1 aliphatic rings. The third kappa shape index (κ3) is 2.98. The topological polar surface area (TPSA) is 81.8 Å². The van der Waals surface area contributed by atoms with Gasteiger partial charge in [-0.15, -0.1) is 0 Å². The summed E-state index contributed by atoms with van der Waals surface area (Å²) >= 11 is 0. The average Bonchev–Trinajstić information content (AvgIpc) is 2.36. The first-order valence-electron chi connectivity index (χ1n) is 6.40. The molecule has 0 amide bonds. The van der Waals surface area contributed by atoms with E-state index in [2.05, 4.69) is 0 Å². The Labute approximate surface area is 112 Å². The summed E-state index contributed by atoms with van der Waals surface area (Å²) in [6.07, 6.45) is -0.0979. The number of hydrogen-bond donors (Lipinski definition) is 2. The van der Waals surface area contributed by atoms with Crippen LogP contribution in [0.1, 0.15) is 43.4 Å². The molecule has 0 fully saturated rings. The molecular formula is C14H19NO4. The van der Waals surface area contributed by atoms with E-state index in [1.165, 1.54) is 0 Å². The quantitative estimate of drug-likeness (QED) is 0.870. The molecule has 104 valence electrons. The van der Waals surface area contributed by atoms with Crippen molar-refractivity contribution in [2.24, 2.45) is 5.73 Å². The van der Waals surface area contributed by atoms with Crippen LogP contribution in [0.25, 0.3) is 0 Å². The van der Waals surface area contributed by atoms with Gasteiger partial charge in [0, 0.05) is 6.04 Å². The minimum absolute atomic E-state index is 0.0979. The normalized spacial score (nSPS) is 15.4. The molecule has 0 aliphatic carbocycles. The van der Waals surface area contributed by atoms with Crippen LogP contribution < -0.4 is 15.2 Å².